The standard InChI is InChI=1S/C16H22N8O2/c17-13-14(19-5-6-24-7-9-26-10-8-24)20-11-21-15(13)22-23-16(25)12-3-1-2-4-18-12/h1-4,11H,5-10,17H2,(H,23,25)(H2,19,20,21,22). The van der Waals surface area contributed by atoms with Crippen LogP contribution in [0.4, 0.5) is 17.3 Å². The molecule has 0 aliphatic carbocycles. The Morgan fingerprint density at radius 3 is 2.77 bits per heavy atom. The number of amides is 1. The molecule has 0 aromatic carbocycles. The maximum atomic E-state index is 12.0. The highest BCUT2D eigenvalue weighted by atomic mass is 16.5. The summed E-state index contributed by atoms with van der Waals surface area (Å²) in [5.74, 6) is 0.450. The van der Waals surface area contributed by atoms with Crippen molar-refractivity contribution in [2.75, 3.05) is 55.9 Å². The average molecular weight is 358 g/mol. The van der Waals surface area contributed by atoms with Gasteiger partial charge >= 0.3 is 0 Å². The van der Waals surface area contributed by atoms with Gasteiger partial charge in [-0.1, -0.05) is 6.07 Å². The van der Waals surface area contributed by atoms with E-state index in [2.05, 4.69) is 36.0 Å². The third-order valence-corrected chi connectivity index (χ3v) is 3.90. The fraction of sp³-hybridized carbons (Fsp3) is 0.375. The lowest BCUT2D eigenvalue weighted by Crippen LogP contribution is -2.39. The first-order valence-corrected chi connectivity index (χ1v) is 8.36. The first-order chi connectivity index (χ1) is 12.7. The third kappa shape index (κ3) is 4.77. The molecule has 26 heavy (non-hydrogen) atoms. The number of hydrazine groups is 1. The zero-order valence-corrected chi connectivity index (χ0v) is 14.3. The summed E-state index contributed by atoms with van der Waals surface area (Å²) in [6, 6.07) is 5.08. The van der Waals surface area contributed by atoms with Gasteiger partial charge in [-0.05, 0) is 12.1 Å². The second-order valence-electron chi connectivity index (χ2n) is 5.66. The Hall–Kier alpha value is -2.98. The molecular formula is C16H22N8O2. The summed E-state index contributed by atoms with van der Waals surface area (Å²) in [5.41, 5.74) is 11.9. The largest absolute Gasteiger partial charge is 0.393 e. The van der Waals surface area contributed by atoms with Crippen LogP contribution in [0.2, 0.25) is 0 Å². The van der Waals surface area contributed by atoms with Crippen molar-refractivity contribution in [1.82, 2.24) is 25.3 Å². The minimum absolute atomic E-state index is 0.288. The zero-order chi connectivity index (χ0) is 18.2. The van der Waals surface area contributed by atoms with Gasteiger partial charge < -0.3 is 15.8 Å². The molecule has 5 N–H and O–H groups in total. The lowest BCUT2D eigenvalue weighted by Gasteiger charge is -2.26. The Balaban J connectivity index is 1.52. The summed E-state index contributed by atoms with van der Waals surface area (Å²) in [6.45, 7) is 4.94. The van der Waals surface area contributed by atoms with E-state index in [0.29, 0.717) is 23.9 Å². The maximum Gasteiger partial charge on any atom is 0.288 e. The second kappa shape index (κ2) is 8.92. The smallest absolute Gasteiger partial charge is 0.288 e. The monoisotopic (exact) mass is 358 g/mol. The van der Waals surface area contributed by atoms with E-state index in [4.69, 9.17) is 10.5 Å². The number of nitrogens with zero attached hydrogens (tertiary/aromatic N) is 4. The topological polar surface area (TPSA) is 130 Å². The van der Waals surface area contributed by atoms with Crippen molar-refractivity contribution in [3.05, 3.63) is 36.4 Å². The van der Waals surface area contributed by atoms with E-state index in [1.165, 1.54) is 6.33 Å². The fourth-order valence-corrected chi connectivity index (χ4v) is 2.47. The maximum absolute atomic E-state index is 12.0. The number of morpholine rings is 1. The number of carbonyl (C=O) groups is 1. The molecule has 0 bridgehead atoms. The van der Waals surface area contributed by atoms with E-state index in [1.807, 2.05) is 0 Å². The van der Waals surface area contributed by atoms with Crippen molar-refractivity contribution in [1.29, 1.82) is 0 Å². The number of carbonyl (C=O) groups excluding carboxylic acids is 1. The van der Waals surface area contributed by atoms with Crippen molar-refractivity contribution in [2.45, 2.75) is 0 Å². The van der Waals surface area contributed by atoms with Crippen molar-refractivity contribution < 1.29 is 9.53 Å². The minimum Gasteiger partial charge on any atom is -0.393 e. The highest BCUT2D eigenvalue weighted by Crippen LogP contribution is 2.21. The van der Waals surface area contributed by atoms with Crippen LogP contribution in [0.3, 0.4) is 0 Å². The SMILES string of the molecule is Nc1c(NCCN2CCOCC2)ncnc1NNC(=O)c1ccccn1. The van der Waals surface area contributed by atoms with E-state index >= 15 is 0 Å². The molecule has 3 heterocycles. The van der Waals surface area contributed by atoms with Crippen LogP contribution in [0.5, 0.6) is 0 Å². The summed E-state index contributed by atoms with van der Waals surface area (Å²) in [6.07, 6.45) is 2.92. The number of nitrogens with two attached hydrogens (primary N) is 1. The molecule has 0 spiro atoms. The Kier molecular flexibility index (Phi) is 6.12. The Bertz CT molecular complexity index is 721. The van der Waals surface area contributed by atoms with Gasteiger partial charge in [-0.25, -0.2) is 9.97 Å². The van der Waals surface area contributed by atoms with Crippen molar-refractivity contribution >= 4 is 23.2 Å². The van der Waals surface area contributed by atoms with E-state index < -0.39 is 0 Å². The van der Waals surface area contributed by atoms with Crippen LogP contribution in [0.1, 0.15) is 10.5 Å². The molecule has 1 amide bonds. The summed E-state index contributed by atoms with van der Waals surface area (Å²) >= 11 is 0. The first kappa shape index (κ1) is 17.8. The Morgan fingerprint density at radius 1 is 1.19 bits per heavy atom. The molecule has 10 heteroatoms. The summed E-state index contributed by atoms with van der Waals surface area (Å²) in [5, 5.41) is 3.20. The molecule has 0 unspecified atom stereocenters. The number of nitrogen functional groups attached to an aromatic ring is 1. The minimum atomic E-state index is -0.384. The molecule has 10 nitrogen and oxygen atoms in total. The van der Waals surface area contributed by atoms with Crippen LogP contribution in [-0.4, -0.2) is 65.2 Å². The molecule has 2 aromatic heterocycles. The number of nitrogens with one attached hydrogen (secondary N) is 3. The lowest BCUT2D eigenvalue weighted by molar-refractivity contribution is 0.0398. The van der Waals surface area contributed by atoms with Gasteiger partial charge in [-0.15, -0.1) is 0 Å². The molecule has 0 saturated carbocycles. The summed E-state index contributed by atoms with van der Waals surface area (Å²) in [4.78, 5) is 26.5. The fourth-order valence-electron chi connectivity index (χ4n) is 2.47. The highest BCUT2D eigenvalue weighted by Gasteiger charge is 2.12. The van der Waals surface area contributed by atoms with Gasteiger partial charge in [0, 0.05) is 32.4 Å². The quantitative estimate of drug-likeness (QED) is 0.503. The second-order valence-corrected chi connectivity index (χ2v) is 5.66. The van der Waals surface area contributed by atoms with E-state index in [9.17, 15) is 4.79 Å². The normalized spacial score (nSPS) is 14.6. The van der Waals surface area contributed by atoms with Gasteiger partial charge in [0.15, 0.2) is 11.6 Å². The summed E-state index contributed by atoms with van der Waals surface area (Å²) < 4.78 is 5.33. The van der Waals surface area contributed by atoms with Crippen LogP contribution in [0.25, 0.3) is 0 Å². The molecule has 3 rings (SSSR count). The number of hydrogen-bond donors (Lipinski definition) is 4. The third-order valence-electron chi connectivity index (χ3n) is 3.90. The predicted molar refractivity (Wildman–Crippen MR) is 97.5 cm³/mol. The molecule has 1 aliphatic rings. The Labute approximate surface area is 151 Å². The molecule has 2 aromatic rings. The Morgan fingerprint density at radius 2 is 2.00 bits per heavy atom. The first-order valence-electron chi connectivity index (χ1n) is 8.36. The van der Waals surface area contributed by atoms with Gasteiger partial charge in [0.05, 0.1) is 13.2 Å². The van der Waals surface area contributed by atoms with Gasteiger partial charge in [0.2, 0.25) is 0 Å². The lowest BCUT2D eigenvalue weighted by atomic mass is 10.3. The molecule has 1 saturated heterocycles. The number of ether oxygens (including phenoxy) is 1. The van der Waals surface area contributed by atoms with Gasteiger partial charge in [0.25, 0.3) is 5.91 Å². The van der Waals surface area contributed by atoms with Crippen molar-refractivity contribution in [3.63, 3.8) is 0 Å². The van der Waals surface area contributed by atoms with Crippen LogP contribution in [0, 0.1) is 0 Å². The van der Waals surface area contributed by atoms with Crippen LogP contribution in [-0.2, 0) is 4.74 Å². The molecule has 1 fully saturated rings. The molecule has 0 radical (unpaired) electrons. The number of rotatable bonds is 7. The zero-order valence-electron chi connectivity index (χ0n) is 14.3. The average Bonchev–Trinajstić information content (AvgIpc) is 2.69. The predicted octanol–water partition coefficient (Wildman–Crippen LogP) is -0.0452. The molecule has 138 valence electrons. The van der Waals surface area contributed by atoms with E-state index in [0.717, 1.165) is 32.8 Å². The summed E-state index contributed by atoms with van der Waals surface area (Å²) in [7, 11) is 0. The number of pyridine rings is 1. The van der Waals surface area contributed by atoms with Crippen LogP contribution >= 0.6 is 0 Å². The number of aromatic nitrogens is 3. The van der Waals surface area contributed by atoms with Crippen LogP contribution < -0.4 is 21.9 Å². The van der Waals surface area contributed by atoms with E-state index in [1.54, 1.807) is 24.4 Å². The van der Waals surface area contributed by atoms with E-state index in [-0.39, 0.29) is 11.6 Å². The molecule has 0 atom stereocenters. The molecular weight excluding hydrogens is 336 g/mol. The van der Waals surface area contributed by atoms with Gasteiger partial charge in [0.1, 0.15) is 17.7 Å². The van der Waals surface area contributed by atoms with Crippen molar-refractivity contribution in [3.8, 4) is 0 Å². The number of anilines is 3. The number of hydrogen-bond acceptors (Lipinski definition) is 9. The van der Waals surface area contributed by atoms with Gasteiger partial charge in [-0.3, -0.25) is 25.5 Å². The highest BCUT2D eigenvalue weighted by molar-refractivity contribution is 5.93. The molecule has 1 aliphatic heterocycles. The van der Waals surface area contributed by atoms with Crippen LogP contribution in [0.15, 0.2) is 30.7 Å². The van der Waals surface area contributed by atoms with Crippen molar-refractivity contribution in [2.24, 2.45) is 0 Å². The van der Waals surface area contributed by atoms with Gasteiger partial charge in [-0.2, -0.15) is 0 Å².